The third kappa shape index (κ3) is 2.78. The monoisotopic (exact) mass is 334 g/mol. The maximum absolute atomic E-state index is 12.1. The summed E-state index contributed by atoms with van der Waals surface area (Å²) < 4.78 is 22.9. The Balaban J connectivity index is 3.21. The summed E-state index contributed by atoms with van der Waals surface area (Å²) in [6.07, 6.45) is -0.772. The van der Waals surface area contributed by atoms with Crippen molar-refractivity contribution < 1.29 is 13.5 Å². The molecule has 0 radical (unpaired) electrons. The van der Waals surface area contributed by atoms with Crippen LogP contribution in [0.15, 0.2) is 24.3 Å². The smallest absolute Gasteiger partial charge is 0.168 e. The standard InChI is InChI=1S/C13H19BrO3S/c1-4-13(14,18(16,17)5-2)12(15)11-8-6-10(3)7-9-11/h6-9,12,15H,4-5H2,1-3H3/t12-,13-/m0/s1. The molecule has 0 saturated heterocycles. The molecule has 5 heteroatoms. The molecule has 0 unspecified atom stereocenters. The Bertz CT molecular complexity index is 495. The van der Waals surface area contributed by atoms with Crippen molar-refractivity contribution in [1.29, 1.82) is 0 Å². The normalized spacial score (nSPS) is 17.2. The Kier molecular flexibility index (Phi) is 4.98. The molecule has 1 rings (SSSR count). The summed E-state index contributed by atoms with van der Waals surface area (Å²) in [6.45, 7) is 5.28. The number of aliphatic hydroxyl groups excluding tert-OH is 1. The molecule has 0 spiro atoms. The predicted molar refractivity (Wildman–Crippen MR) is 77.5 cm³/mol. The minimum absolute atomic E-state index is 0.00495. The van der Waals surface area contributed by atoms with E-state index >= 15 is 0 Å². The molecule has 0 heterocycles. The van der Waals surface area contributed by atoms with E-state index in [0.29, 0.717) is 12.0 Å². The van der Waals surface area contributed by atoms with Crippen LogP contribution in [0.5, 0.6) is 0 Å². The first kappa shape index (κ1) is 15.7. The molecule has 2 atom stereocenters. The van der Waals surface area contributed by atoms with Crippen molar-refractivity contribution in [3.63, 3.8) is 0 Å². The lowest BCUT2D eigenvalue weighted by molar-refractivity contribution is 0.160. The molecular formula is C13H19BrO3S. The Morgan fingerprint density at radius 1 is 1.28 bits per heavy atom. The number of sulfone groups is 1. The van der Waals surface area contributed by atoms with Crippen LogP contribution in [0.3, 0.4) is 0 Å². The zero-order chi connectivity index (χ0) is 14.0. The van der Waals surface area contributed by atoms with Crippen LogP contribution in [0.4, 0.5) is 0 Å². The molecule has 0 aliphatic carbocycles. The summed E-state index contributed by atoms with van der Waals surface area (Å²) in [5.74, 6) is -0.00495. The van der Waals surface area contributed by atoms with Gasteiger partial charge in [-0.05, 0) is 18.9 Å². The SMILES string of the molecule is CC[C@@](Br)([C@@H](O)c1ccc(C)cc1)S(=O)(=O)CC. The number of hydrogen-bond donors (Lipinski definition) is 1. The Hall–Kier alpha value is -0.390. The highest BCUT2D eigenvalue weighted by atomic mass is 79.9. The summed E-state index contributed by atoms with van der Waals surface area (Å²) in [4.78, 5) is 0. The van der Waals surface area contributed by atoms with Crippen LogP contribution < -0.4 is 0 Å². The van der Waals surface area contributed by atoms with Crippen LogP contribution in [-0.2, 0) is 9.84 Å². The fourth-order valence-electron chi connectivity index (χ4n) is 1.82. The molecule has 0 aliphatic rings. The van der Waals surface area contributed by atoms with Gasteiger partial charge in [0.1, 0.15) is 6.10 Å². The highest BCUT2D eigenvalue weighted by Gasteiger charge is 2.45. The predicted octanol–water partition coefficient (Wildman–Crippen LogP) is 2.96. The average molecular weight is 335 g/mol. The van der Waals surface area contributed by atoms with Gasteiger partial charge in [0.25, 0.3) is 0 Å². The van der Waals surface area contributed by atoms with E-state index in [2.05, 4.69) is 15.9 Å². The number of aliphatic hydroxyl groups is 1. The summed E-state index contributed by atoms with van der Waals surface area (Å²) in [7, 11) is -3.40. The molecule has 1 aromatic rings. The Labute approximate surface area is 117 Å². The molecule has 1 N–H and O–H groups in total. The van der Waals surface area contributed by atoms with Crippen LogP contribution in [0.1, 0.15) is 37.5 Å². The van der Waals surface area contributed by atoms with Crippen molar-refractivity contribution in [2.75, 3.05) is 5.75 Å². The molecule has 3 nitrogen and oxygen atoms in total. The molecule has 102 valence electrons. The third-order valence-corrected chi connectivity index (χ3v) is 7.96. The van der Waals surface area contributed by atoms with E-state index in [1.165, 1.54) is 0 Å². The average Bonchev–Trinajstić information content (AvgIpc) is 2.37. The molecule has 0 bridgehead atoms. The van der Waals surface area contributed by atoms with Crippen LogP contribution in [-0.4, -0.2) is 22.9 Å². The van der Waals surface area contributed by atoms with E-state index in [1.807, 2.05) is 19.1 Å². The zero-order valence-corrected chi connectivity index (χ0v) is 13.3. The third-order valence-electron chi connectivity index (χ3n) is 3.18. The first-order valence-electron chi connectivity index (χ1n) is 5.94. The van der Waals surface area contributed by atoms with Crippen molar-refractivity contribution in [2.45, 2.75) is 37.0 Å². The van der Waals surface area contributed by atoms with E-state index in [1.54, 1.807) is 26.0 Å². The lowest BCUT2D eigenvalue weighted by Crippen LogP contribution is -2.39. The largest absolute Gasteiger partial charge is 0.386 e. The Morgan fingerprint density at radius 3 is 2.17 bits per heavy atom. The van der Waals surface area contributed by atoms with Gasteiger partial charge in [0.15, 0.2) is 13.5 Å². The zero-order valence-electron chi connectivity index (χ0n) is 10.9. The van der Waals surface area contributed by atoms with Gasteiger partial charge in [0.05, 0.1) is 0 Å². The fraction of sp³-hybridized carbons (Fsp3) is 0.538. The second kappa shape index (κ2) is 5.72. The number of rotatable bonds is 5. The van der Waals surface area contributed by atoms with Crippen LogP contribution in [0.25, 0.3) is 0 Å². The molecule has 0 aromatic heterocycles. The van der Waals surface area contributed by atoms with Crippen molar-refractivity contribution in [1.82, 2.24) is 0 Å². The van der Waals surface area contributed by atoms with Gasteiger partial charge in [-0.2, -0.15) is 0 Å². The van der Waals surface area contributed by atoms with Gasteiger partial charge < -0.3 is 5.11 Å². The highest BCUT2D eigenvalue weighted by Crippen LogP contribution is 2.41. The second-order valence-corrected chi connectivity index (χ2v) is 8.83. The van der Waals surface area contributed by atoms with E-state index in [4.69, 9.17) is 0 Å². The summed E-state index contributed by atoms with van der Waals surface area (Å²) in [6, 6.07) is 7.24. The van der Waals surface area contributed by atoms with Crippen molar-refractivity contribution >= 4 is 25.8 Å². The number of alkyl halides is 1. The van der Waals surface area contributed by atoms with E-state index < -0.39 is 19.6 Å². The molecular weight excluding hydrogens is 316 g/mol. The topological polar surface area (TPSA) is 54.4 Å². The van der Waals surface area contributed by atoms with Crippen LogP contribution in [0, 0.1) is 6.92 Å². The van der Waals surface area contributed by atoms with Gasteiger partial charge in [-0.1, -0.05) is 59.6 Å². The Morgan fingerprint density at radius 2 is 1.78 bits per heavy atom. The van der Waals surface area contributed by atoms with Gasteiger partial charge in [-0.25, -0.2) is 8.42 Å². The molecule has 0 fully saturated rings. The van der Waals surface area contributed by atoms with E-state index in [-0.39, 0.29) is 5.75 Å². The summed E-state index contributed by atoms with van der Waals surface area (Å²) in [5.41, 5.74) is 1.68. The first-order chi connectivity index (χ1) is 8.28. The van der Waals surface area contributed by atoms with Crippen molar-refractivity contribution in [3.05, 3.63) is 35.4 Å². The summed E-state index contributed by atoms with van der Waals surface area (Å²) in [5, 5.41) is 10.4. The fourth-order valence-corrected chi connectivity index (χ4v) is 4.17. The first-order valence-corrected chi connectivity index (χ1v) is 8.39. The number of aryl methyl sites for hydroxylation is 1. The lowest BCUT2D eigenvalue weighted by Gasteiger charge is -2.31. The number of hydrogen-bond acceptors (Lipinski definition) is 3. The highest BCUT2D eigenvalue weighted by molar-refractivity contribution is 9.11. The number of benzene rings is 1. The van der Waals surface area contributed by atoms with E-state index in [9.17, 15) is 13.5 Å². The van der Waals surface area contributed by atoms with Gasteiger partial charge in [-0.15, -0.1) is 0 Å². The molecule has 18 heavy (non-hydrogen) atoms. The van der Waals surface area contributed by atoms with Crippen molar-refractivity contribution in [3.8, 4) is 0 Å². The molecule has 0 saturated carbocycles. The maximum atomic E-state index is 12.1. The lowest BCUT2D eigenvalue weighted by atomic mass is 10.0. The summed E-state index contributed by atoms with van der Waals surface area (Å²) >= 11 is 3.25. The number of halogens is 1. The van der Waals surface area contributed by atoms with Gasteiger partial charge in [0, 0.05) is 5.75 Å². The minimum atomic E-state index is -3.40. The second-order valence-electron chi connectivity index (χ2n) is 4.36. The minimum Gasteiger partial charge on any atom is -0.386 e. The molecule has 1 aromatic carbocycles. The van der Waals surface area contributed by atoms with Crippen LogP contribution >= 0.6 is 15.9 Å². The quantitative estimate of drug-likeness (QED) is 0.842. The van der Waals surface area contributed by atoms with Crippen molar-refractivity contribution in [2.24, 2.45) is 0 Å². The van der Waals surface area contributed by atoms with Gasteiger partial charge >= 0.3 is 0 Å². The van der Waals surface area contributed by atoms with Gasteiger partial charge in [-0.3, -0.25) is 0 Å². The molecule has 0 amide bonds. The van der Waals surface area contributed by atoms with Gasteiger partial charge in [0.2, 0.25) is 0 Å². The molecule has 0 aliphatic heterocycles. The van der Waals surface area contributed by atoms with Crippen LogP contribution in [0.2, 0.25) is 0 Å². The maximum Gasteiger partial charge on any atom is 0.168 e. The van der Waals surface area contributed by atoms with E-state index in [0.717, 1.165) is 5.56 Å².